The van der Waals surface area contributed by atoms with Crippen molar-refractivity contribution in [1.29, 1.82) is 0 Å². The molecule has 1 aromatic heterocycles. The summed E-state index contributed by atoms with van der Waals surface area (Å²) in [5, 5.41) is 14.7. The first-order valence-corrected chi connectivity index (χ1v) is 25.5. The molecule has 0 fully saturated rings. The van der Waals surface area contributed by atoms with Crippen molar-refractivity contribution >= 4 is 89.6 Å². The molecule has 0 N–H and O–H groups in total. The van der Waals surface area contributed by atoms with Crippen LogP contribution in [-0.4, -0.2) is 24.8 Å². The predicted molar refractivity (Wildman–Crippen MR) is 202 cm³/mol. The third kappa shape index (κ3) is 6.22. The van der Waals surface area contributed by atoms with Crippen LogP contribution in [0.2, 0.25) is 12.6 Å². The Kier molecular flexibility index (Phi) is 10.3. The van der Waals surface area contributed by atoms with Crippen LogP contribution in [0, 0.1) is 0 Å². The fourth-order valence-corrected chi connectivity index (χ4v) is 12.8. The molecule has 1 unspecified atom stereocenters. The topological polar surface area (TPSA) is 14.2 Å². The average Bonchev–Trinajstić information content (AvgIpc) is 3.67. The molecule has 2 nitrogen and oxygen atoms in total. The van der Waals surface area contributed by atoms with E-state index in [9.17, 15) is 0 Å². The Morgan fingerprint density at radius 2 is 1.15 bits per heavy atom. The van der Waals surface area contributed by atoms with Gasteiger partial charge in [-0.2, -0.15) is 0 Å². The number of hydrogen-bond acceptors (Lipinski definition) is 1. The first-order chi connectivity index (χ1) is 22.2. The Balaban J connectivity index is 0.00000119. The van der Waals surface area contributed by atoms with Gasteiger partial charge in [0.15, 0.2) is 0 Å². The summed E-state index contributed by atoms with van der Waals surface area (Å²) in [4.78, 5) is 0. The number of benzene rings is 4. The van der Waals surface area contributed by atoms with Crippen LogP contribution in [0.3, 0.4) is 0 Å². The van der Waals surface area contributed by atoms with Gasteiger partial charge >= 0.3 is 37.9 Å². The summed E-state index contributed by atoms with van der Waals surface area (Å²) in [6, 6.07) is 37.9. The van der Waals surface area contributed by atoms with Crippen molar-refractivity contribution in [3.8, 4) is 0 Å². The van der Waals surface area contributed by atoms with Crippen LogP contribution >= 0.6 is 17.0 Å². The number of halogens is 2. The van der Waals surface area contributed by atoms with E-state index in [1.165, 1.54) is 79.4 Å². The van der Waals surface area contributed by atoms with Crippen LogP contribution in [0.15, 0.2) is 97.1 Å². The summed E-state index contributed by atoms with van der Waals surface area (Å²) in [7, 11) is 9.82. The van der Waals surface area contributed by atoms with Gasteiger partial charge in [-0.25, -0.2) is 0 Å². The van der Waals surface area contributed by atoms with Gasteiger partial charge in [-0.3, -0.25) is 0 Å². The zero-order chi connectivity index (χ0) is 32.5. The molecule has 7 aromatic rings. The zero-order valence-electron chi connectivity index (χ0n) is 27.6. The van der Waals surface area contributed by atoms with Gasteiger partial charge in [0, 0.05) is 27.2 Å². The molecule has 0 aliphatic heterocycles. The van der Waals surface area contributed by atoms with Gasteiger partial charge in [0.05, 0.1) is 5.60 Å². The Hall–Kier alpha value is -2.20. The molecule has 0 spiro atoms. The first kappa shape index (κ1) is 33.7. The van der Waals surface area contributed by atoms with Crippen molar-refractivity contribution in [1.82, 2.24) is 4.57 Å². The number of fused-ring (bicyclic) bond motifs is 8. The third-order valence-electron chi connectivity index (χ3n) is 9.70. The van der Waals surface area contributed by atoms with E-state index in [0.29, 0.717) is 0 Å². The van der Waals surface area contributed by atoms with E-state index in [1.807, 2.05) is 0 Å². The summed E-state index contributed by atoms with van der Waals surface area (Å²) < 4.78 is 8.48. The second-order valence-electron chi connectivity index (χ2n) is 13.7. The molecule has 6 aromatic carbocycles. The Morgan fingerprint density at radius 1 is 0.674 bits per heavy atom. The van der Waals surface area contributed by atoms with E-state index in [4.69, 9.17) is 21.8 Å². The van der Waals surface area contributed by atoms with Crippen LogP contribution in [0.4, 0.5) is 0 Å². The standard InChI is InChI=1S/C40H43NOSi.2ClH.Zr/c1-40(2,3)42-26-16-6-7-17-27-43(5,38-31-21-11-8-18-28(31)29-19-9-12-22-32(29)38)39-33-23-13-10-20-30(33)37-36(39)34-24-14-15-25-35(34)41(37)4;;;/h8-15,18-25H,6-7,16-17,26-27H2,1-5H3;2*1H;/q-2;;;+4/p-2. The molecule has 7 rings (SSSR count). The van der Waals surface area contributed by atoms with Crippen molar-refractivity contribution in [3.05, 3.63) is 97.1 Å². The maximum absolute atomic E-state index is 6.04. The van der Waals surface area contributed by atoms with Crippen molar-refractivity contribution < 1.29 is 25.6 Å². The molecule has 46 heavy (non-hydrogen) atoms. The van der Waals surface area contributed by atoms with Gasteiger partial charge in [0.1, 0.15) is 0 Å². The van der Waals surface area contributed by atoms with Crippen LogP contribution in [-0.2, 0) is 32.6 Å². The fourth-order valence-electron chi connectivity index (χ4n) is 7.88. The summed E-state index contributed by atoms with van der Waals surface area (Å²) in [6.07, 6.45) is 4.82. The number of hydrogen-bond donors (Lipinski definition) is 0. The van der Waals surface area contributed by atoms with Crippen molar-refractivity contribution in [2.45, 2.75) is 64.6 Å². The number of para-hydroxylation sites is 1. The summed E-state index contributed by atoms with van der Waals surface area (Å²) >= 11 is -0.826. The molecule has 0 saturated heterocycles. The molecular weight excluding hydrogens is 701 g/mol. The van der Waals surface area contributed by atoms with Crippen LogP contribution in [0.25, 0.3) is 54.1 Å². The molecule has 6 heteroatoms. The molecule has 0 bridgehead atoms. The molecule has 0 aliphatic carbocycles. The molecule has 0 radical (unpaired) electrons. The number of unbranched alkanes of at least 4 members (excludes halogenated alkanes) is 3. The average molecular weight is 744 g/mol. The Labute approximate surface area is 293 Å². The number of aromatic nitrogens is 1. The number of aryl methyl sites for hydroxylation is 1. The molecule has 0 amide bonds. The maximum atomic E-state index is 6.04. The van der Waals surface area contributed by atoms with Crippen molar-refractivity contribution in [2.75, 3.05) is 6.61 Å². The van der Waals surface area contributed by atoms with E-state index < -0.39 is 28.9 Å². The number of nitrogens with zero attached hydrogens (tertiary/aromatic N) is 1. The molecule has 236 valence electrons. The van der Waals surface area contributed by atoms with E-state index >= 15 is 0 Å². The quantitative estimate of drug-likeness (QED) is 0.0816. The molecule has 1 atom stereocenters. The minimum atomic E-state index is -2.30. The Bertz CT molecular complexity index is 2060. The van der Waals surface area contributed by atoms with Gasteiger partial charge < -0.3 is 9.30 Å². The number of ether oxygens (including phenoxy) is 1. The van der Waals surface area contributed by atoms with Gasteiger partial charge in [-0.05, 0) is 38.8 Å². The molecule has 0 saturated carbocycles. The van der Waals surface area contributed by atoms with E-state index in [0.717, 1.165) is 13.0 Å². The molecule has 0 aliphatic rings. The normalized spacial score (nSPS) is 13.4. The van der Waals surface area contributed by atoms with Crippen LogP contribution in [0.5, 0.6) is 0 Å². The second-order valence-corrected chi connectivity index (χ2v) is 21.6. The van der Waals surface area contributed by atoms with E-state index in [-0.39, 0.29) is 5.60 Å². The van der Waals surface area contributed by atoms with Crippen LogP contribution < -0.4 is 10.4 Å². The minimum absolute atomic E-state index is 0.0615. The number of rotatable bonds is 9. The summed E-state index contributed by atoms with van der Waals surface area (Å²) in [5.41, 5.74) is 2.66. The summed E-state index contributed by atoms with van der Waals surface area (Å²) in [6.45, 7) is 9.98. The fraction of sp³-hybridized carbons (Fsp3) is 0.300. The van der Waals surface area contributed by atoms with Crippen molar-refractivity contribution in [3.63, 3.8) is 0 Å². The molecular formula is C40H43Cl2NOSiZr. The second kappa shape index (κ2) is 14.1. The predicted octanol–water partition coefficient (Wildman–Crippen LogP) is 11.2. The monoisotopic (exact) mass is 741 g/mol. The zero-order valence-corrected chi connectivity index (χ0v) is 32.6. The van der Waals surface area contributed by atoms with Gasteiger partial charge in [-0.1, -0.05) is 121 Å². The van der Waals surface area contributed by atoms with E-state index in [1.54, 1.807) is 10.4 Å². The van der Waals surface area contributed by atoms with Crippen molar-refractivity contribution in [2.24, 2.45) is 7.05 Å². The first-order valence-electron chi connectivity index (χ1n) is 16.4. The van der Waals surface area contributed by atoms with Gasteiger partial charge in [0.2, 0.25) is 0 Å². The van der Waals surface area contributed by atoms with Gasteiger partial charge in [0.25, 0.3) is 0 Å². The van der Waals surface area contributed by atoms with Crippen LogP contribution in [0.1, 0.15) is 46.5 Å². The SMILES string of the molecule is Cn1c2ccccc2c2c1c1ccccc1[c-]2[Si](C)(CCCCCCOC(C)(C)C)[c-]1c2ccccc2c2ccccc21.[Cl][Zr+2][Cl]. The van der Waals surface area contributed by atoms with E-state index in [2.05, 4.69) is 136 Å². The van der Waals surface area contributed by atoms with Gasteiger partial charge in [-0.15, -0.1) is 55.5 Å². The third-order valence-corrected chi connectivity index (χ3v) is 14.3. The molecule has 1 heterocycles. The summed E-state index contributed by atoms with van der Waals surface area (Å²) in [5.74, 6) is 0. The Morgan fingerprint density at radius 3 is 1.74 bits per heavy atom.